The van der Waals surface area contributed by atoms with Gasteiger partial charge < -0.3 is 10.0 Å². The number of carbonyl (C=O) groups excluding carboxylic acids is 1. The molecule has 0 atom stereocenters. The molecule has 0 saturated carbocycles. The Morgan fingerprint density at radius 3 is 2.78 bits per heavy atom. The van der Waals surface area contributed by atoms with E-state index < -0.39 is 5.60 Å². The van der Waals surface area contributed by atoms with Crippen LogP contribution in [0.25, 0.3) is 0 Å². The number of carbonyl (C=O) groups is 1. The molecule has 4 heteroatoms. The van der Waals surface area contributed by atoms with Crippen molar-refractivity contribution in [3.8, 4) is 0 Å². The van der Waals surface area contributed by atoms with Gasteiger partial charge in [0, 0.05) is 10.6 Å². The molecule has 0 radical (unpaired) electrons. The SMILES string of the molecule is CCCC1(O)CN(C(=O)c2cc(Cl)ccc2C)C1. The molecule has 1 amide bonds. The summed E-state index contributed by atoms with van der Waals surface area (Å²) in [4.78, 5) is 13.9. The molecule has 1 aromatic carbocycles. The van der Waals surface area contributed by atoms with Gasteiger partial charge in [-0.25, -0.2) is 0 Å². The fourth-order valence-electron chi connectivity index (χ4n) is 2.43. The first-order valence-corrected chi connectivity index (χ1v) is 6.61. The zero-order valence-corrected chi connectivity index (χ0v) is 11.5. The lowest BCUT2D eigenvalue weighted by molar-refractivity contribution is -0.0860. The van der Waals surface area contributed by atoms with Crippen LogP contribution in [-0.2, 0) is 0 Å². The highest BCUT2D eigenvalue weighted by Crippen LogP contribution is 2.28. The third-order valence-electron chi connectivity index (χ3n) is 3.40. The highest BCUT2D eigenvalue weighted by molar-refractivity contribution is 6.31. The Hall–Kier alpha value is -1.06. The number of hydrogen-bond acceptors (Lipinski definition) is 2. The van der Waals surface area contributed by atoms with Crippen molar-refractivity contribution < 1.29 is 9.90 Å². The minimum Gasteiger partial charge on any atom is -0.386 e. The van der Waals surface area contributed by atoms with Crippen LogP contribution >= 0.6 is 11.6 Å². The van der Waals surface area contributed by atoms with Crippen molar-refractivity contribution in [3.63, 3.8) is 0 Å². The topological polar surface area (TPSA) is 40.5 Å². The second kappa shape index (κ2) is 4.90. The van der Waals surface area contributed by atoms with Crippen LogP contribution in [0.3, 0.4) is 0 Å². The summed E-state index contributed by atoms with van der Waals surface area (Å²) in [7, 11) is 0. The maximum absolute atomic E-state index is 12.2. The first-order chi connectivity index (χ1) is 8.45. The second-order valence-electron chi connectivity index (χ2n) is 5.09. The minimum atomic E-state index is -0.684. The number of β-amino-alcohol motifs (C(OH)–C–C–N with tert-alkyl or cyclic N) is 1. The first kappa shape index (κ1) is 13.4. The summed E-state index contributed by atoms with van der Waals surface area (Å²) in [6.07, 6.45) is 1.67. The Bertz CT molecular complexity index is 467. The van der Waals surface area contributed by atoms with Crippen LogP contribution in [0.5, 0.6) is 0 Å². The van der Waals surface area contributed by atoms with Crippen molar-refractivity contribution in [2.75, 3.05) is 13.1 Å². The van der Waals surface area contributed by atoms with Crippen molar-refractivity contribution in [1.82, 2.24) is 4.90 Å². The van der Waals surface area contributed by atoms with Crippen molar-refractivity contribution in [1.29, 1.82) is 0 Å². The van der Waals surface area contributed by atoms with Gasteiger partial charge in [-0.15, -0.1) is 0 Å². The van der Waals surface area contributed by atoms with Gasteiger partial charge in [0.1, 0.15) is 0 Å². The molecule has 1 heterocycles. The number of likely N-dealkylation sites (tertiary alicyclic amines) is 1. The lowest BCUT2D eigenvalue weighted by Crippen LogP contribution is -2.63. The van der Waals surface area contributed by atoms with E-state index in [9.17, 15) is 9.90 Å². The molecule has 18 heavy (non-hydrogen) atoms. The summed E-state index contributed by atoms with van der Waals surface area (Å²) < 4.78 is 0. The van der Waals surface area contributed by atoms with Crippen LogP contribution in [0, 0.1) is 6.92 Å². The summed E-state index contributed by atoms with van der Waals surface area (Å²) in [6, 6.07) is 5.31. The molecule has 2 rings (SSSR count). The minimum absolute atomic E-state index is 0.0456. The van der Waals surface area contributed by atoms with E-state index >= 15 is 0 Å². The molecule has 0 unspecified atom stereocenters. The maximum atomic E-state index is 12.2. The van der Waals surface area contributed by atoms with Crippen LogP contribution in [0.1, 0.15) is 35.7 Å². The van der Waals surface area contributed by atoms with Gasteiger partial charge in [-0.05, 0) is 31.0 Å². The van der Waals surface area contributed by atoms with E-state index in [0.29, 0.717) is 23.7 Å². The number of nitrogens with zero attached hydrogens (tertiary/aromatic N) is 1. The molecular weight excluding hydrogens is 250 g/mol. The Morgan fingerprint density at radius 1 is 1.50 bits per heavy atom. The molecule has 1 aliphatic heterocycles. The highest BCUT2D eigenvalue weighted by atomic mass is 35.5. The maximum Gasteiger partial charge on any atom is 0.254 e. The molecule has 1 aliphatic rings. The van der Waals surface area contributed by atoms with Gasteiger partial charge in [0.05, 0.1) is 18.7 Å². The van der Waals surface area contributed by atoms with Crippen LogP contribution in [0.4, 0.5) is 0 Å². The third kappa shape index (κ3) is 2.52. The van der Waals surface area contributed by atoms with E-state index in [4.69, 9.17) is 11.6 Å². The molecule has 1 N–H and O–H groups in total. The molecule has 3 nitrogen and oxygen atoms in total. The summed E-state index contributed by atoms with van der Waals surface area (Å²) in [5.41, 5.74) is 0.855. The monoisotopic (exact) mass is 267 g/mol. The van der Waals surface area contributed by atoms with Crippen molar-refractivity contribution >= 4 is 17.5 Å². The molecule has 1 fully saturated rings. The Morgan fingerprint density at radius 2 is 2.17 bits per heavy atom. The average molecular weight is 268 g/mol. The number of amides is 1. The van der Waals surface area contributed by atoms with E-state index in [2.05, 4.69) is 0 Å². The molecular formula is C14H18ClNO2. The van der Waals surface area contributed by atoms with Gasteiger partial charge in [-0.3, -0.25) is 4.79 Å². The summed E-state index contributed by atoms with van der Waals surface area (Å²) in [5, 5.41) is 10.6. The number of halogens is 1. The largest absolute Gasteiger partial charge is 0.386 e. The molecule has 1 aromatic rings. The summed E-state index contributed by atoms with van der Waals surface area (Å²) in [5.74, 6) is -0.0456. The molecule has 0 bridgehead atoms. The smallest absolute Gasteiger partial charge is 0.254 e. The van der Waals surface area contributed by atoms with Crippen molar-refractivity contribution in [2.24, 2.45) is 0 Å². The van der Waals surface area contributed by atoms with Gasteiger partial charge in [-0.1, -0.05) is 31.0 Å². The first-order valence-electron chi connectivity index (χ1n) is 6.23. The molecule has 0 aromatic heterocycles. The van der Waals surface area contributed by atoms with Gasteiger partial charge in [0.25, 0.3) is 5.91 Å². The Balaban J connectivity index is 2.08. The standard InChI is InChI=1S/C14H18ClNO2/c1-3-6-14(18)8-16(9-14)13(17)12-7-11(15)5-4-10(12)2/h4-5,7,18H,3,6,8-9H2,1-2H3. The predicted octanol–water partition coefficient (Wildman–Crippen LogP) is 2.64. The lowest BCUT2D eigenvalue weighted by Gasteiger charge is -2.46. The molecule has 0 aliphatic carbocycles. The fourth-order valence-corrected chi connectivity index (χ4v) is 2.60. The average Bonchev–Trinajstić information content (AvgIpc) is 2.28. The lowest BCUT2D eigenvalue weighted by atomic mass is 9.88. The number of hydrogen-bond donors (Lipinski definition) is 1. The second-order valence-corrected chi connectivity index (χ2v) is 5.53. The zero-order chi connectivity index (χ0) is 13.3. The highest BCUT2D eigenvalue weighted by Gasteiger charge is 2.43. The van der Waals surface area contributed by atoms with Crippen molar-refractivity contribution in [2.45, 2.75) is 32.3 Å². The van der Waals surface area contributed by atoms with Gasteiger partial charge in [0.2, 0.25) is 0 Å². The summed E-state index contributed by atoms with van der Waals surface area (Å²) in [6.45, 7) is 4.77. The Labute approximate surface area is 112 Å². The number of rotatable bonds is 3. The van der Waals surface area contributed by atoms with E-state index in [0.717, 1.165) is 18.4 Å². The van der Waals surface area contributed by atoms with Crippen LogP contribution in [0.2, 0.25) is 5.02 Å². The van der Waals surface area contributed by atoms with Gasteiger partial charge in [-0.2, -0.15) is 0 Å². The van der Waals surface area contributed by atoms with E-state index in [-0.39, 0.29) is 5.91 Å². The van der Waals surface area contributed by atoms with Crippen molar-refractivity contribution in [3.05, 3.63) is 34.3 Å². The predicted molar refractivity (Wildman–Crippen MR) is 72.0 cm³/mol. The molecule has 98 valence electrons. The zero-order valence-electron chi connectivity index (χ0n) is 10.7. The van der Waals surface area contributed by atoms with Crippen LogP contribution < -0.4 is 0 Å². The van der Waals surface area contributed by atoms with Crippen LogP contribution in [0.15, 0.2) is 18.2 Å². The third-order valence-corrected chi connectivity index (χ3v) is 3.64. The summed E-state index contributed by atoms with van der Waals surface area (Å²) >= 11 is 5.91. The van der Waals surface area contributed by atoms with Gasteiger partial charge >= 0.3 is 0 Å². The van der Waals surface area contributed by atoms with Crippen LogP contribution in [-0.4, -0.2) is 34.6 Å². The Kier molecular flexibility index (Phi) is 3.64. The van der Waals surface area contributed by atoms with E-state index in [1.54, 1.807) is 17.0 Å². The molecule has 0 spiro atoms. The quantitative estimate of drug-likeness (QED) is 0.915. The van der Waals surface area contributed by atoms with E-state index in [1.807, 2.05) is 19.9 Å². The normalized spacial score (nSPS) is 17.4. The number of aliphatic hydroxyl groups is 1. The fraction of sp³-hybridized carbons (Fsp3) is 0.500. The molecule has 1 saturated heterocycles. The number of benzene rings is 1. The number of aryl methyl sites for hydroxylation is 1. The van der Waals surface area contributed by atoms with E-state index in [1.165, 1.54) is 0 Å². The van der Waals surface area contributed by atoms with Gasteiger partial charge in [0.15, 0.2) is 0 Å².